The molecule has 5 aromatic carbocycles. The summed E-state index contributed by atoms with van der Waals surface area (Å²) in [5.41, 5.74) is 24.7. The molecule has 5 nitrogen and oxygen atoms in total. The lowest BCUT2D eigenvalue weighted by atomic mass is 9.97. The first-order chi connectivity index (χ1) is 40.3. The van der Waals surface area contributed by atoms with Gasteiger partial charge in [0.25, 0.3) is 0 Å². The molecule has 0 aliphatic heterocycles. The highest BCUT2D eigenvalue weighted by molar-refractivity contribution is 5.65. The van der Waals surface area contributed by atoms with E-state index >= 15 is 0 Å². The summed E-state index contributed by atoms with van der Waals surface area (Å²) in [7, 11) is 10.3. The number of pyridine rings is 5. The van der Waals surface area contributed by atoms with Gasteiger partial charge in [0.15, 0.2) is 31.0 Å². The van der Waals surface area contributed by atoms with Crippen LogP contribution in [-0.2, 0) is 48.1 Å². The highest BCUT2D eigenvalue weighted by Gasteiger charge is 2.16. The minimum absolute atomic E-state index is 0.499. The zero-order chi connectivity index (χ0) is 62.2. The van der Waals surface area contributed by atoms with Crippen LogP contribution >= 0.6 is 0 Å². The van der Waals surface area contributed by atoms with E-state index in [-0.39, 0.29) is 0 Å². The zero-order valence-electron chi connectivity index (χ0n) is 55.4. The van der Waals surface area contributed by atoms with Crippen LogP contribution in [-0.4, -0.2) is 0 Å². The van der Waals surface area contributed by atoms with E-state index in [1.54, 1.807) is 6.07 Å². The molecule has 0 bridgehead atoms. The third-order valence-corrected chi connectivity index (χ3v) is 14.7. The topological polar surface area (TPSA) is 19.4 Å². The third kappa shape index (κ3) is 17.4. The van der Waals surface area contributed by atoms with Crippen molar-refractivity contribution >= 4 is 0 Å². The van der Waals surface area contributed by atoms with Gasteiger partial charge in [-0.2, -0.15) is 0 Å². The molecule has 81 heavy (non-hydrogen) atoms. The second kappa shape index (κ2) is 29.9. The van der Waals surface area contributed by atoms with Crippen molar-refractivity contribution in [3.63, 3.8) is 0 Å². The molecule has 0 spiro atoms. The molecule has 416 valence electrons. The molecule has 10 rings (SSSR count). The molecule has 0 amide bonds. The third-order valence-electron chi connectivity index (χ3n) is 14.7. The first kappa shape index (κ1) is 56.1. The normalized spacial score (nSPS) is 12.2. The summed E-state index contributed by atoms with van der Waals surface area (Å²) < 4.78 is 41.6. The van der Waals surface area contributed by atoms with Crippen molar-refractivity contribution in [2.45, 2.75) is 102 Å². The molecule has 1 unspecified atom stereocenters. The van der Waals surface area contributed by atoms with E-state index in [1.165, 1.54) is 96.5 Å². The summed E-state index contributed by atoms with van der Waals surface area (Å²) in [5.74, 6) is -0.915. The van der Waals surface area contributed by atoms with Crippen molar-refractivity contribution in [3.05, 3.63) is 269 Å². The number of hydrogen-bond acceptors (Lipinski definition) is 0. The van der Waals surface area contributed by atoms with Crippen molar-refractivity contribution in [1.82, 2.24) is 0 Å². The fourth-order valence-corrected chi connectivity index (χ4v) is 10.1. The largest absolute Gasteiger partial charge is 0.212 e. The summed E-state index contributed by atoms with van der Waals surface area (Å²) >= 11 is 0. The van der Waals surface area contributed by atoms with E-state index in [0.29, 0.717) is 11.5 Å². The smallest absolute Gasteiger partial charge is 0.201 e. The Balaban J connectivity index is 0.000000171. The Hall–Kier alpha value is -8.15. The highest BCUT2D eigenvalue weighted by Crippen LogP contribution is 2.26. The predicted octanol–water partition coefficient (Wildman–Crippen LogP) is 15.9. The summed E-state index contributed by atoms with van der Waals surface area (Å²) in [6.45, 7) is 20.8. The fraction of sp³-hybridized carbons (Fsp3) is 0.276. The summed E-state index contributed by atoms with van der Waals surface area (Å²) in [6.07, 6.45) is 12.4. The molecule has 0 radical (unpaired) electrons. The first-order valence-corrected chi connectivity index (χ1v) is 28.5. The van der Waals surface area contributed by atoms with Crippen molar-refractivity contribution in [2.24, 2.45) is 41.2 Å². The molecule has 5 heteroatoms. The highest BCUT2D eigenvalue weighted by atomic mass is 14.9. The molecular weight excluding hydrogens is 983 g/mol. The lowest BCUT2D eigenvalue weighted by Gasteiger charge is -2.09. The maximum Gasteiger partial charge on any atom is 0.212 e. The van der Waals surface area contributed by atoms with E-state index in [9.17, 15) is 0 Å². The maximum absolute atomic E-state index is 8.23. The van der Waals surface area contributed by atoms with Gasteiger partial charge in [0, 0.05) is 94.0 Å². The Morgan fingerprint density at radius 3 is 1.21 bits per heavy atom. The molecule has 0 aliphatic rings. The van der Waals surface area contributed by atoms with Crippen LogP contribution in [0.25, 0.3) is 56.3 Å². The Labute approximate surface area is 493 Å². The first-order valence-electron chi connectivity index (χ1n) is 30.5. The van der Waals surface area contributed by atoms with E-state index < -0.39 is 12.7 Å². The number of aromatic nitrogens is 5. The average Bonchev–Trinajstić information content (AvgIpc) is 2.90. The zero-order valence-corrected chi connectivity index (χ0v) is 51.4. The summed E-state index contributed by atoms with van der Waals surface area (Å²) in [5, 5.41) is 0. The van der Waals surface area contributed by atoms with E-state index in [4.69, 9.17) is 5.48 Å². The molecule has 0 N–H and O–H groups in total. The molecule has 5 heterocycles. The SMILES string of the molecule is CCc1ccc(-c2cccc[n+]2C)c(C)c1.Cc1cc(CC(C)C)ccc1-c1cccc[n+]1C.Cc1ccc(-c2cccc[n+]2C)c(C)c1.Cc1ccc(C)c(-c2cccc[n+]2C)c1.[2H]C([2H])([2H])C([2H])(C)c1cc[n+](C)c(-c2ccccc2C)c1. The van der Waals surface area contributed by atoms with Gasteiger partial charge in [-0.25, -0.2) is 22.8 Å². The molecule has 10 aromatic rings. The van der Waals surface area contributed by atoms with Crippen LogP contribution < -0.4 is 22.8 Å². The second-order valence-corrected chi connectivity index (χ2v) is 22.0. The quantitative estimate of drug-likeness (QED) is 0.128. The fourth-order valence-electron chi connectivity index (χ4n) is 10.1. The predicted molar refractivity (Wildman–Crippen MR) is 340 cm³/mol. The summed E-state index contributed by atoms with van der Waals surface area (Å²) in [6, 6.07) is 63.4. The van der Waals surface area contributed by atoms with Crippen molar-refractivity contribution in [2.75, 3.05) is 0 Å². The van der Waals surface area contributed by atoms with Crippen LogP contribution in [0.15, 0.2) is 213 Å². The molecule has 0 saturated heterocycles. The van der Waals surface area contributed by atoms with Gasteiger partial charge in [0.05, 0.1) is 0 Å². The van der Waals surface area contributed by atoms with Crippen LogP contribution in [0.3, 0.4) is 0 Å². The van der Waals surface area contributed by atoms with Gasteiger partial charge in [-0.3, -0.25) is 0 Å². The molecule has 5 aromatic heterocycles. The van der Waals surface area contributed by atoms with Crippen molar-refractivity contribution in [1.29, 1.82) is 0 Å². The van der Waals surface area contributed by atoms with Gasteiger partial charge in [-0.15, -0.1) is 0 Å². The molecule has 0 saturated carbocycles. The average molecular weight is 1080 g/mol. The molecular formula is C76H92N5+5. The van der Waals surface area contributed by atoms with Crippen LogP contribution in [0.2, 0.25) is 0 Å². The Kier molecular flexibility index (Phi) is 20.7. The van der Waals surface area contributed by atoms with Crippen molar-refractivity contribution in [3.8, 4) is 56.3 Å². The van der Waals surface area contributed by atoms with Crippen molar-refractivity contribution < 1.29 is 28.3 Å². The minimum atomic E-state index is -2.37. The summed E-state index contributed by atoms with van der Waals surface area (Å²) in [4.78, 5) is 0. The number of benzene rings is 5. The second-order valence-electron chi connectivity index (χ2n) is 22.0. The molecule has 1 atom stereocenters. The van der Waals surface area contributed by atoms with Gasteiger partial charge in [-0.05, 0) is 172 Å². The standard InChI is InChI=1S/C17H22N.C16H20N.C15H18N.2C14H16N/c1-13(2)11-15-8-9-16(14(3)12-15)17-7-5-6-10-18(17)4;1-12(2)14-9-10-17(4)16(11-14)15-8-6-5-7-13(15)3;1-4-13-8-9-14(12(2)11-13)15-7-5-6-10-16(15)3;1-11-7-8-13(12(2)10-11)14-6-4-5-9-15(14)3;1-11-7-8-12(2)13(10-11)14-6-4-5-9-15(14)3/h5-10,12-13H,11H2,1-4H3;5-12H,1-4H3;5-11H,4H2,1-3H3;2*4-10H,1-3H3/q5*+1/i;1D3,12D;;;. The number of hydrogen-bond donors (Lipinski definition) is 0. The monoisotopic (exact) mass is 1080 g/mol. The Bertz CT molecular complexity index is 3840. The van der Waals surface area contributed by atoms with Gasteiger partial charge in [0.2, 0.25) is 28.5 Å². The number of rotatable bonds is 9. The molecule has 0 aliphatic carbocycles. The maximum atomic E-state index is 8.23. The van der Waals surface area contributed by atoms with E-state index in [1.807, 2.05) is 61.1 Å². The lowest BCUT2D eigenvalue weighted by Crippen LogP contribution is -2.30. The Morgan fingerprint density at radius 2 is 0.753 bits per heavy atom. The van der Waals surface area contributed by atoms with Crippen LogP contribution in [0.1, 0.15) is 102 Å². The number of aryl methyl sites for hydroxylation is 13. The van der Waals surface area contributed by atoms with E-state index in [0.717, 1.165) is 29.7 Å². The number of nitrogens with zero attached hydrogens (tertiary/aromatic N) is 5. The Morgan fingerprint density at radius 1 is 0.358 bits per heavy atom. The van der Waals surface area contributed by atoms with E-state index in [2.05, 4.69) is 273 Å². The molecule has 0 fully saturated rings. The lowest BCUT2D eigenvalue weighted by molar-refractivity contribution is -0.660. The van der Waals surface area contributed by atoms with Gasteiger partial charge < -0.3 is 0 Å². The van der Waals surface area contributed by atoms with Crippen LogP contribution in [0.4, 0.5) is 0 Å². The minimum Gasteiger partial charge on any atom is -0.201 e. The van der Waals surface area contributed by atoms with Gasteiger partial charge in [-0.1, -0.05) is 112 Å². The van der Waals surface area contributed by atoms with Gasteiger partial charge in [0.1, 0.15) is 35.2 Å². The van der Waals surface area contributed by atoms with Crippen LogP contribution in [0.5, 0.6) is 0 Å². The van der Waals surface area contributed by atoms with Gasteiger partial charge >= 0.3 is 0 Å². The van der Waals surface area contributed by atoms with Crippen LogP contribution in [0, 0.1) is 54.4 Å².